The molecule has 0 unspecified atom stereocenters. The van der Waals surface area contributed by atoms with Crippen LogP contribution >= 0.6 is 11.6 Å². The second-order valence-corrected chi connectivity index (χ2v) is 5.77. The third-order valence-corrected chi connectivity index (χ3v) is 3.91. The summed E-state index contributed by atoms with van der Waals surface area (Å²) in [4.78, 5) is 2.30. The van der Waals surface area contributed by atoms with E-state index in [-0.39, 0.29) is 0 Å². The van der Waals surface area contributed by atoms with E-state index in [4.69, 9.17) is 22.1 Å². The van der Waals surface area contributed by atoms with E-state index in [1.54, 1.807) is 7.11 Å². The Kier molecular flexibility index (Phi) is 4.15. The number of benzene rings is 1. The molecule has 1 fully saturated rings. The van der Waals surface area contributed by atoms with E-state index in [9.17, 15) is 0 Å². The van der Waals surface area contributed by atoms with Gasteiger partial charge in [0.2, 0.25) is 0 Å². The van der Waals surface area contributed by atoms with Gasteiger partial charge in [-0.15, -0.1) is 0 Å². The van der Waals surface area contributed by atoms with Gasteiger partial charge >= 0.3 is 0 Å². The molecule has 1 aliphatic rings. The van der Waals surface area contributed by atoms with Crippen molar-refractivity contribution in [1.82, 2.24) is 4.90 Å². The van der Waals surface area contributed by atoms with Gasteiger partial charge in [-0.2, -0.15) is 0 Å². The Morgan fingerprint density at radius 3 is 2.72 bits per heavy atom. The zero-order valence-corrected chi connectivity index (χ0v) is 11.8. The van der Waals surface area contributed by atoms with Crippen molar-refractivity contribution in [3.63, 3.8) is 0 Å². The number of halogens is 1. The number of methoxy groups -OCH3 is 1. The molecule has 0 atom stereocenters. The van der Waals surface area contributed by atoms with Gasteiger partial charge in [0.15, 0.2) is 0 Å². The molecule has 0 heterocycles. The molecule has 0 spiro atoms. The Balaban J connectivity index is 2.02. The molecule has 0 amide bonds. The minimum absolute atomic E-state index is 0.362. The minimum Gasteiger partial charge on any atom is -0.496 e. The fourth-order valence-corrected chi connectivity index (χ4v) is 2.59. The number of nitrogens with two attached hydrogens (primary N) is 1. The molecule has 100 valence electrons. The Morgan fingerprint density at radius 1 is 1.44 bits per heavy atom. The second-order valence-electron chi connectivity index (χ2n) is 5.33. The number of hydrogen-bond donors (Lipinski definition) is 1. The molecule has 0 aliphatic heterocycles. The van der Waals surface area contributed by atoms with Crippen LogP contribution in [0.2, 0.25) is 5.02 Å². The highest BCUT2D eigenvalue weighted by Gasteiger charge is 2.41. The van der Waals surface area contributed by atoms with Crippen molar-refractivity contribution in [1.29, 1.82) is 0 Å². The lowest BCUT2D eigenvalue weighted by Gasteiger charge is -2.23. The summed E-state index contributed by atoms with van der Waals surface area (Å²) in [5, 5.41) is 0.749. The topological polar surface area (TPSA) is 38.5 Å². The van der Waals surface area contributed by atoms with Gasteiger partial charge < -0.3 is 15.4 Å². The molecule has 0 bridgehead atoms. The largest absolute Gasteiger partial charge is 0.496 e. The number of nitrogens with zero attached hydrogens (tertiary/aromatic N) is 1. The van der Waals surface area contributed by atoms with E-state index < -0.39 is 0 Å². The molecule has 0 aromatic heterocycles. The van der Waals surface area contributed by atoms with E-state index in [1.165, 1.54) is 12.8 Å². The van der Waals surface area contributed by atoms with Crippen molar-refractivity contribution in [2.24, 2.45) is 11.1 Å². The van der Waals surface area contributed by atoms with Crippen molar-refractivity contribution in [3.05, 3.63) is 28.8 Å². The average molecular weight is 269 g/mol. The summed E-state index contributed by atoms with van der Waals surface area (Å²) in [5.41, 5.74) is 7.31. The van der Waals surface area contributed by atoms with Crippen molar-refractivity contribution in [3.8, 4) is 5.75 Å². The summed E-state index contributed by atoms with van der Waals surface area (Å²) in [7, 11) is 3.81. The van der Waals surface area contributed by atoms with Gasteiger partial charge in [0.1, 0.15) is 5.75 Å². The van der Waals surface area contributed by atoms with E-state index in [2.05, 4.69) is 11.9 Å². The van der Waals surface area contributed by atoms with Crippen molar-refractivity contribution >= 4 is 11.6 Å². The fourth-order valence-electron chi connectivity index (χ4n) is 2.39. The number of ether oxygens (including phenoxy) is 1. The second kappa shape index (κ2) is 5.47. The van der Waals surface area contributed by atoms with Crippen LogP contribution in [0.1, 0.15) is 18.4 Å². The third-order valence-electron chi connectivity index (χ3n) is 3.68. The molecule has 1 aliphatic carbocycles. The predicted octanol–water partition coefficient (Wildman–Crippen LogP) is 2.52. The molecule has 0 saturated heterocycles. The van der Waals surface area contributed by atoms with Gasteiger partial charge in [-0.25, -0.2) is 0 Å². The Hall–Kier alpha value is -0.770. The maximum Gasteiger partial charge on any atom is 0.123 e. The van der Waals surface area contributed by atoms with Gasteiger partial charge in [0.25, 0.3) is 0 Å². The molecule has 18 heavy (non-hydrogen) atoms. The monoisotopic (exact) mass is 268 g/mol. The Labute approximate surface area is 114 Å². The zero-order chi connectivity index (χ0) is 13.2. The normalized spacial score (nSPS) is 16.9. The maximum absolute atomic E-state index is 6.04. The van der Waals surface area contributed by atoms with Crippen LogP contribution in [0.4, 0.5) is 0 Å². The smallest absolute Gasteiger partial charge is 0.123 e. The molecule has 4 heteroatoms. The van der Waals surface area contributed by atoms with E-state index in [0.29, 0.717) is 5.41 Å². The highest BCUT2D eigenvalue weighted by Crippen LogP contribution is 2.45. The lowest BCUT2D eigenvalue weighted by Crippen LogP contribution is -2.31. The van der Waals surface area contributed by atoms with E-state index in [1.807, 2.05) is 18.2 Å². The van der Waals surface area contributed by atoms with Gasteiger partial charge in [-0.3, -0.25) is 0 Å². The lowest BCUT2D eigenvalue weighted by molar-refractivity contribution is 0.255. The Bertz CT molecular complexity index is 418. The van der Waals surface area contributed by atoms with E-state index in [0.717, 1.165) is 36.0 Å². The standard InChI is InChI=1S/C14H21ClN2O/c1-17(10-14(9-16)5-6-14)8-11-7-12(15)3-4-13(11)18-2/h3-4,7H,5-6,8-10,16H2,1-2H3. The first kappa shape index (κ1) is 13.7. The molecule has 0 radical (unpaired) electrons. The van der Waals surface area contributed by atoms with Gasteiger partial charge in [-0.1, -0.05) is 11.6 Å². The highest BCUT2D eigenvalue weighted by atomic mass is 35.5. The van der Waals surface area contributed by atoms with Gasteiger partial charge in [0, 0.05) is 23.7 Å². The fraction of sp³-hybridized carbons (Fsp3) is 0.571. The van der Waals surface area contributed by atoms with Gasteiger partial charge in [-0.05, 0) is 50.0 Å². The zero-order valence-electron chi connectivity index (χ0n) is 11.1. The van der Waals surface area contributed by atoms with Crippen LogP contribution in [-0.4, -0.2) is 32.1 Å². The van der Waals surface area contributed by atoms with Crippen LogP contribution < -0.4 is 10.5 Å². The van der Waals surface area contributed by atoms with Gasteiger partial charge in [0.05, 0.1) is 7.11 Å². The summed E-state index contributed by atoms with van der Waals surface area (Å²) in [6, 6.07) is 5.74. The first-order valence-electron chi connectivity index (χ1n) is 6.30. The quantitative estimate of drug-likeness (QED) is 0.862. The molecule has 2 rings (SSSR count). The molecule has 2 N–H and O–H groups in total. The molecular formula is C14H21ClN2O. The van der Waals surface area contributed by atoms with Crippen LogP contribution in [-0.2, 0) is 6.54 Å². The summed E-state index contributed by atoms with van der Waals surface area (Å²) in [6.07, 6.45) is 2.50. The van der Waals surface area contributed by atoms with Crippen LogP contribution in [0.3, 0.4) is 0 Å². The summed E-state index contributed by atoms with van der Waals surface area (Å²) in [6.45, 7) is 2.66. The summed E-state index contributed by atoms with van der Waals surface area (Å²) < 4.78 is 5.36. The molecule has 3 nitrogen and oxygen atoms in total. The van der Waals surface area contributed by atoms with Crippen LogP contribution in [0, 0.1) is 5.41 Å². The maximum atomic E-state index is 6.04. The Morgan fingerprint density at radius 2 is 2.17 bits per heavy atom. The highest BCUT2D eigenvalue weighted by molar-refractivity contribution is 6.30. The molecular weight excluding hydrogens is 248 g/mol. The summed E-state index contributed by atoms with van der Waals surface area (Å²) in [5.74, 6) is 0.892. The molecule has 1 saturated carbocycles. The van der Waals surface area contributed by atoms with E-state index >= 15 is 0 Å². The molecule has 1 aromatic carbocycles. The van der Waals surface area contributed by atoms with Crippen molar-refractivity contribution < 1.29 is 4.74 Å². The first-order chi connectivity index (χ1) is 8.58. The third kappa shape index (κ3) is 3.16. The SMILES string of the molecule is COc1ccc(Cl)cc1CN(C)CC1(CN)CC1. The van der Waals surface area contributed by atoms with Crippen LogP contribution in [0.15, 0.2) is 18.2 Å². The lowest BCUT2D eigenvalue weighted by atomic mass is 10.1. The van der Waals surface area contributed by atoms with Crippen LogP contribution in [0.5, 0.6) is 5.75 Å². The number of rotatable bonds is 6. The average Bonchev–Trinajstić information content (AvgIpc) is 3.09. The van der Waals surface area contributed by atoms with Crippen LogP contribution in [0.25, 0.3) is 0 Å². The molecule has 1 aromatic rings. The first-order valence-corrected chi connectivity index (χ1v) is 6.67. The minimum atomic E-state index is 0.362. The predicted molar refractivity (Wildman–Crippen MR) is 75.1 cm³/mol. The number of hydrogen-bond acceptors (Lipinski definition) is 3. The summed E-state index contributed by atoms with van der Waals surface area (Å²) >= 11 is 6.04. The van der Waals surface area contributed by atoms with Crippen molar-refractivity contribution in [2.75, 3.05) is 27.2 Å². The van der Waals surface area contributed by atoms with Crippen molar-refractivity contribution in [2.45, 2.75) is 19.4 Å².